The molecule has 0 radical (unpaired) electrons. The highest BCUT2D eigenvalue weighted by Gasteiger charge is 2.01. The van der Waals surface area contributed by atoms with Gasteiger partial charge in [0.1, 0.15) is 6.61 Å². The lowest BCUT2D eigenvalue weighted by Crippen LogP contribution is -2.12. The summed E-state index contributed by atoms with van der Waals surface area (Å²) in [6.45, 7) is 0.175. The number of hydrogen-bond donors (Lipinski definition) is 1. The fourth-order valence-electron chi connectivity index (χ4n) is 0.988. The first-order valence-corrected chi connectivity index (χ1v) is 4.27. The van der Waals surface area contributed by atoms with Crippen LogP contribution in [0.15, 0.2) is 35.8 Å². The van der Waals surface area contributed by atoms with E-state index in [4.69, 9.17) is 4.74 Å². The first kappa shape index (κ1) is 9.32. The van der Waals surface area contributed by atoms with Crippen LogP contribution in [0.3, 0.4) is 0 Å². The normalized spacial score (nSPS) is 9.87. The SMILES string of the molecule is O=c1[nH]ccnc1OCc1cnccn1. The van der Waals surface area contributed by atoms with Gasteiger partial charge in [-0.3, -0.25) is 14.8 Å². The molecule has 15 heavy (non-hydrogen) atoms. The van der Waals surface area contributed by atoms with Crippen LogP contribution in [0.25, 0.3) is 0 Å². The van der Waals surface area contributed by atoms with Gasteiger partial charge in [0, 0.05) is 24.8 Å². The van der Waals surface area contributed by atoms with Crippen LogP contribution in [0.2, 0.25) is 0 Å². The fourth-order valence-corrected chi connectivity index (χ4v) is 0.988. The first-order chi connectivity index (χ1) is 7.36. The molecule has 6 heteroatoms. The second-order valence-corrected chi connectivity index (χ2v) is 2.71. The Labute approximate surface area is 85.0 Å². The standard InChI is InChI=1S/C9H8N4O2/c14-8-9(13-4-3-12-8)15-6-7-5-10-1-2-11-7/h1-5H,6H2,(H,12,14). The summed E-state index contributed by atoms with van der Waals surface area (Å²) in [5.74, 6) is 0.0307. The summed E-state index contributed by atoms with van der Waals surface area (Å²) < 4.78 is 5.17. The maximum atomic E-state index is 11.2. The van der Waals surface area contributed by atoms with Gasteiger partial charge in [-0.25, -0.2) is 4.98 Å². The average molecular weight is 204 g/mol. The van der Waals surface area contributed by atoms with E-state index in [1.165, 1.54) is 12.4 Å². The van der Waals surface area contributed by atoms with E-state index in [2.05, 4.69) is 19.9 Å². The predicted molar refractivity (Wildman–Crippen MR) is 51.2 cm³/mol. The zero-order valence-electron chi connectivity index (χ0n) is 7.75. The van der Waals surface area contributed by atoms with E-state index < -0.39 is 0 Å². The Balaban J connectivity index is 2.06. The molecule has 0 atom stereocenters. The van der Waals surface area contributed by atoms with Crippen LogP contribution < -0.4 is 10.3 Å². The Morgan fingerprint density at radius 2 is 2.20 bits per heavy atom. The van der Waals surface area contributed by atoms with Crippen molar-refractivity contribution >= 4 is 0 Å². The summed E-state index contributed by atoms with van der Waals surface area (Å²) in [5, 5.41) is 0. The van der Waals surface area contributed by atoms with E-state index in [0.717, 1.165) is 0 Å². The lowest BCUT2D eigenvalue weighted by Gasteiger charge is -2.01. The van der Waals surface area contributed by atoms with Crippen molar-refractivity contribution in [1.29, 1.82) is 0 Å². The first-order valence-electron chi connectivity index (χ1n) is 4.27. The second-order valence-electron chi connectivity index (χ2n) is 2.71. The molecule has 0 saturated carbocycles. The van der Waals surface area contributed by atoms with Crippen molar-refractivity contribution in [2.75, 3.05) is 0 Å². The zero-order chi connectivity index (χ0) is 10.5. The molecular weight excluding hydrogens is 196 g/mol. The Morgan fingerprint density at radius 3 is 2.93 bits per heavy atom. The number of ether oxygens (including phenoxy) is 1. The number of rotatable bonds is 3. The van der Waals surface area contributed by atoms with Crippen molar-refractivity contribution in [2.24, 2.45) is 0 Å². The fraction of sp³-hybridized carbons (Fsp3) is 0.111. The van der Waals surface area contributed by atoms with Crippen LogP contribution in [-0.2, 0) is 6.61 Å². The van der Waals surface area contributed by atoms with Gasteiger partial charge in [0.15, 0.2) is 0 Å². The van der Waals surface area contributed by atoms with E-state index in [-0.39, 0.29) is 18.0 Å². The van der Waals surface area contributed by atoms with E-state index >= 15 is 0 Å². The minimum absolute atomic E-state index is 0.0307. The number of aromatic amines is 1. The molecule has 0 spiro atoms. The molecule has 0 saturated heterocycles. The van der Waals surface area contributed by atoms with E-state index in [0.29, 0.717) is 5.69 Å². The number of H-pyrrole nitrogens is 1. The van der Waals surface area contributed by atoms with E-state index in [1.807, 2.05) is 0 Å². The maximum absolute atomic E-state index is 11.2. The molecule has 0 aliphatic rings. The molecule has 6 nitrogen and oxygen atoms in total. The molecule has 0 aliphatic carbocycles. The molecule has 0 aromatic carbocycles. The second kappa shape index (κ2) is 4.32. The van der Waals surface area contributed by atoms with Gasteiger partial charge >= 0.3 is 5.56 Å². The molecule has 0 unspecified atom stereocenters. The average Bonchev–Trinajstić information content (AvgIpc) is 2.29. The molecule has 2 heterocycles. The summed E-state index contributed by atoms with van der Waals surface area (Å²) in [4.78, 5) is 25.3. The topological polar surface area (TPSA) is 80.8 Å². The van der Waals surface area contributed by atoms with Crippen molar-refractivity contribution in [2.45, 2.75) is 6.61 Å². The van der Waals surface area contributed by atoms with Gasteiger partial charge in [0.2, 0.25) is 0 Å². The molecule has 2 rings (SSSR count). The summed E-state index contributed by atoms with van der Waals surface area (Å²) in [6.07, 6.45) is 7.58. The minimum atomic E-state index is -0.360. The molecule has 0 bridgehead atoms. The number of nitrogens with one attached hydrogen (secondary N) is 1. The van der Waals surface area contributed by atoms with Crippen LogP contribution in [0.4, 0.5) is 0 Å². The molecule has 2 aromatic heterocycles. The van der Waals surface area contributed by atoms with Crippen molar-refractivity contribution in [3.8, 4) is 5.88 Å². The highest BCUT2D eigenvalue weighted by molar-refractivity contribution is 5.03. The third kappa shape index (κ3) is 2.37. The summed E-state index contributed by atoms with van der Waals surface area (Å²) in [5.41, 5.74) is 0.281. The van der Waals surface area contributed by atoms with Gasteiger partial charge in [0.25, 0.3) is 5.88 Å². The number of nitrogens with zero attached hydrogens (tertiary/aromatic N) is 3. The lowest BCUT2D eigenvalue weighted by molar-refractivity contribution is 0.284. The van der Waals surface area contributed by atoms with Crippen LogP contribution in [0, 0.1) is 0 Å². The molecule has 1 N–H and O–H groups in total. The van der Waals surface area contributed by atoms with Gasteiger partial charge < -0.3 is 9.72 Å². The molecule has 2 aromatic rings. The van der Waals surface area contributed by atoms with Crippen molar-refractivity contribution in [3.05, 3.63) is 47.0 Å². The molecule has 0 amide bonds. The number of aromatic nitrogens is 4. The molecule has 76 valence electrons. The van der Waals surface area contributed by atoms with Gasteiger partial charge in [-0.2, -0.15) is 0 Å². The summed E-state index contributed by atoms with van der Waals surface area (Å²) in [7, 11) is 0. The van der Waals surface area contributed by atoms with Crippen molar-refractivity contribution in [3.63, 3.8) is 0 Å². The minimum Gasteiger partial charge on any atom is -0.467 e. The monoisotopic (exact) mass is 204 g/mol. The Kier molecular flexibility index (Phi) is 2.68. The molecule has 0 aliphatic heterocycles. The Bertz CT molecular complexity index is 483. The van der Waals surface area contributed by atoms with Crippen LogP contribution >= 0.6 is 0 Å². The summed E-state index contributed by atoms with van der Waals surface area (Å²) >= 11 is 0. The van der Waals surface area contributed by atoms with Crippen molar-refractivity contribution < 1.29 is 4.74 Å². The third-order valence-electron chi connectivity index (χ3n) is 1.65. The highest BCUT2D eigenvalue weighted by Crippen LogP contribution is 1.98. The van der Waals surface area contributed by atoms with E-state index in [1.54, 1.807) is 18.6 Å². The third-order valence-corrected chi connectivity index (χ3v) is 1.65. The predicted octanol–water partition coefficient (Wildman–Crippen LogP) is 0.139. The van der Waals surface area contributed by atoms with Gasteiger partial charge in [-0.05, 0) is 0 Å². The molecule has 0 fully saturated rings. The maximum Gasteiger partial charge on any atom is 0.310 e. The van der Waals surface area contributed by atoms with Crippen LogP contribution in [-0.4, -0.2) is 19.9 Å². The lowest BCUT2D eigenvalue weighted by atomic mass is 10.5. The van der Waals surface area contributed by atoms with Gasteiger partial charge in [-0.1, -0.05) is 0 Å². The zero-order valence-corrected chi connectivity index (χ0v) is 7.75. The number of hydrogen-bond acceptors (Lipinski definition) is 5. The van der Waals surface area contributed by atoms with Crippen molar-refractivity contribution in [1.82, 2.24) is 19.9 Å². The van der Waals surface area contributed by atoms with Gasteiger partial charge in [-0.15, -0.1) is 0 Å². The van der Waals surface area contributed by atoms with Gasteiger partial charge in [0.05, 0.1) is 11.9 Å². The summed E-state index contributed by atoms with van der Waals surface area (Å²) in [6, 6.07) is 0. The Morgan fingerprint density at radius 1 is 1.27 bits per heavy atom. The van der Waals surface area contributed by atoms with Crippen LogP contribution in [0.1, 0.15) is 5.69 Å². The molecular formula is C9H8N4O2. The van der Waals surface area contributed by atoms with Crippen LogP contribution in [0.5, 0.6) is 5.88 Å². The van der Waals surface area contributed by atoms with E-state index in [9.17, 15) is 4.79 Å². The smallest absolute Gasteiger partial charge is 0.310 e. The Hall–Kier alpha value is -2.24. The highest BCUT2D eigenvalue weighted by atomic mass is 16.5. The quantitative estimate of drug-likeness (QED) is 0.769. The largest absolute Gasteiger partial charge is 0.467 e.